The van der Waals surface area contributed by atoms with Crippen molar-refractivity contribution in [1.29, 1.82) is 0 Å². The van der Waals surface area contributed by atoms with Crippen LogP contribution < -0.4 is 0 Å². The number of alkyl halides is 6. The highest BCUT2D eigenvalue weighted by Crippen LogP contribution is 2.37. The van der Waals surface area contributed by atoms with Gasteiger partial charge in [-0.1, -0.05) is 54.6 Å². The van der Waals surface area contributed by atoms with Crippen LogP contribution in [0, 0.1) is 6.92 Å². The lowest BCUT2D eigenvalue weighted by Crippen LogP contribution is -2.28. The Morgan fingerprint density at radius 2 is 1.32 bits per heavy atom. The number of nitrogens with zero attached hydrogens (tertiary/aromatic N) is 2. The fraction of sp³-hybridized carbons (Fsp3) is 0.167. The van der Waals surface area contributed by atoms with Crippen molar-refractivity contribution in [2.75, 3.05) is 7.05 Å². The van der Waals surface area contributed by atoms with Gasteiger partial charge in [0, 0.05) is 42.7 Å². The van der Waals surface area contributed by atoms with E-state index in [2.05, 4.69) is 4.98 Å². The van der Waals surface area contributed by atoms with E-state index < -0.39 is 41.7 Å². The first-order chi connectivity index (χ1) is 18.8. The van der Waals surface area contributed by atoms with Crippen LogP contribution in [-0.2, 0) is 18.9 Å². The largest absolute Gasteiger partial charge is 0.416 e. The lowest BCUT2D eigenvalue weighted by molar-refractivity contribution is -0.143. The molecule has 0 aliphatic heterocycles. The van der Waals surface area contributed by atoms with Gasteiger partial charge in [0.1, 0.15) is 0 Å². The maximum atomic E-state index is 13.7. The molecule has 1 aromatic heterocycles. The molecule has 0 unspecified atom stereocenters. The van der Waals surface area contributed by atoms with E-state index in [1.165, 1.54) is 19.4 Å². The summed E-state index contributed by atoms with van der Waals surface area (Å²) in [5.41, 5.74) is -1.31. The van der Waals surface area contributed by atoms with E-state index in [1.54, 1.807) is 61.5 Å². The van der Waals surface area contributed by atoms with Gasteiger partial charge in [0.05, 0.1) is 16.7 Å². The van der Waals surface area contributed by atoms with Gasteiger partial charge in [0.15, 0.2) is 5.78 Å². The summed E-state index contributed by atoms with van der Waals surface area (Å²) in [7, 11) is 1.25. The van der Waals surface area contributed by atoms with Crippen molar-refractivity contribution in [3.63, 3.8) is 0 Å². The number of ketones is 1. The highest BCUT2D eigenvalue weighted by molar-refractivity contribution is 6.16. The third-order valence-electron chi connectivity index (χ3n) is 6.29. The van der Waals surface area contributed by atoms with Crippen molar-refractivity contribution < 1.29 is 35.9 Å². The van der Waals surface area contributed by atoms with Crippen LogP contribution in [0.1, 0.15) is 48.5 Å². The molecule has 10 heteroatoms. The number of hydrogen-bond donors (Lipinski definition) is 0. The maximum Gasteiger partial charge on any atom is 0.416 e. The molecule has 4 aromatic rings. The highest BCUT2D eigenvalue weighted by atomic mass is 19.4. The van der Waals surface area contributed by atoms with Gasteiger partial charge < -0.3 is 4.90 Å². The lowest BCUT2D eigenvalue weighted by Gasteiger charge is -2.22. The molecule has 0 atom stereocenters. The lowest BCUT2D eigenvalue weighted by atomic mass is 9.89. The summed E-state index contributed by atoms with van der Waals surface area (Å²) >= 11 is 0. The standard InChI is InChI=1S/C30H22F6N2O2/c1-18-8-6-7-11-23(18)26-24(27(39)20-9-4-3-5-10-20)15-37-16-25(26)28(40)38(2)17-19-12-21(29(31,32)33)14-22(13-19)30(34,35)36/h3-16H,17H2,1-2H3. The summed E-state index contributed by atoms with van der Waals surface area (Å²) in [6, 6.07) is 16.5. The minimum Gasteiger partial charge on any atom is -0.337 e. The summed E-state index contributed by atoms with van der Waals surface area (Å²) in [5, 5.41) is 0. The third kappa shape index (κ3) is 6.06. The number of carbonyl (C=O) groups excluding carboxylic acids is 2. The Morgan fingerprint density at radius 3 is 1.90 bits per heavy atom. The Bertz CT molecular complexity index is 1530. The Balaban J connectivity index is 1.80. The first kappa shape index (κ1) is 28.5. The number of benzene rings is 3. The van der Waals surface area contributed by atoms with Crippen LogP contribution >= 0.6 is 0 Å². The number of pyridine rings is 1. The zero-order valence-corrected chi connectivity index (χ0v) is 21.3. The quantitative estimate of drug-likeness (QED) is 0.182. The summed E-state index contributed by atoms with van der Waals surface area (Å²) in [4.78, 5) is 32.2. The molecular formula is C30H22F6N2O2. The average Bonchev–Trinajstić information content (AvgIpc) is 2.91. The first-order valence-corrected chi connectivity index (χ1v) is 11.9. The highest BCUT2D eigenvalue weighted by Gasteiger charge is 2.37. The minimum absolute atomic E-state index is 0.0263. The molecule has 1 amide bonds. The van der Waals surface area contributed by atoms with Crippen LogP contribution in [0.3, 0.4) is 0 Å². The predicted molar refractivity (Wildman–Crippen MR) is 137 cm³/mol. The van der Waals surface area contributed by atoms with Gasteiger partial charge in [0.25, 0.3) is 5.91 Å². The van der Waals surface area contributed by atoms with E-state index in [9.17, 15) is 35.9 Å². The van der Waals surface area contributed by atoms with Gasteiger partial charge in [-0.25, -0.2) is 0 Å². The van der Waals surface area contributed by atoms with Crippen molar-refractivity contribution >= 4 is 11.7 Å². The SMILES string of the molecule is Cc1ccccc1-c1c(C(=O)c2ccccc2)cncc1C(=O)N(C)Cc1cc(C(F)(F)F)cc(C(F)(F)F)c1. The molecule has 4 rings (SSSR count). The number of hydrogen-bond acceptors (Lipinski definition) is 3. The normalized spacial score (nSPS) is 11.8. The third-order valence-corrected chi connectivity index (χ3v) is 6.29. The van der Waals surface area contributed by atoms with Crippen molar-refractivity contribution in [2.24, 2.45) is 0 Å². The van der Waals surface area contributed by atoms with Crippen LogP contribution in [0.4, 0.5) is 26.3 Å². The topological polar surface area (TPSA) is 50.3 Å². The monoisotopic (exact) mass is 556 g/mol. The van der Waals surface area contributed by atoms with Crippen LogP contribution in [0.25, 0.3) is 11.1 Å². The fourth-order valence-corrected chi connectivity index (χ4v) is 4.35. The number of aromatic nitrogens is 1. The first-order valence-electron chi connectivity index (χ1n) is 11.9. The number of halogens is 6. The number of amides is 1. The Kier molecular flexibility index (Phi) is 7.81. The molecule has 0 N–H and O–H groups in total. The van der Waals surface area contributed by atoms with E-state index in [1.807, 2.05) is 0 Å². The maximum absolute atomic E-state index is 13.7. The second-order valence-corrected chi connectivity index (χ2v) is 9.20. The van der Waals surface area contributed by atoms with Crippen LogP contribution in [0.15, 0.2) is 85.2 Å². The second-order valence-electron chi connectivity index (χ2n) is 9.20. The van der Waals surface area contributed by atoms with Crippen molar-refractivity contribution in [3.05, 3.63) is 124 Å². The van der Waals surface area contributed by atoms with E-state index >= 15 is 0 Å². The van der Waals surface area contributed by atoms with Gasteiger partial charge in [-0.3, -0.25) is 14.6 Å². The molecule has 0 saturated carbocycles. The zero-order chi connectivity index (χ0) is 29.2. The molecule has 0 saturated heterocycles. The fourth-order valence-electron chi connectivity index (χ4n) is 4.35. The molecule has 0 spiro atoms. The second kappa shape index (κ2) is 11.0. The van der Waals surface area contributed by atoms with Gasteiger partial charge in [-0.2, -0.15) is 26.3 Å². The van der Waals surface area contributed by atoms with Crippen LogP contribution in [0.5, 0.6) is 0 Å². The molecule has 4 nitrogen and oxygen atoms in total. The zero-order valence-electron chi connectivity index (χ0n) is 21.3. The smallest absolute Gasteiger partial charge is 0.337 e. The van der Waals surface area contributed by atoms with Gasteiger partial charge in [-0.05, 0) is 41.8 Å². The Hall–Kier alpha value is -4.47. The Labute approximate surface area is 225 Å². The molecule has 40 heavy (non-hydrogen) atoms. The molecule has 0 radical (unpaired) electrons. The van der Waals surface area contributed by atoms with Gasteiger partial charge in [0.2, 0.25) is 0 Å². The summed E-state index contributed by atoms with van der Waals surface area (Å²) < 4.78 is 80.1. The van der Waals surface area contributed by atoms with E-state index in [-0.39, 0.29) is 28.3 Å². The molecule has 0 fully saturated rings. The summed E-state index contributed by atoms with van der Waals surface area (Å²) in [6.45, 7) is 1.22. The Morgan fingerprint density at radius 1 is 0.775 bits per heavy atom. The molecule has 0 aliphatic rings. The summed E-state index contributed by atoms with van der Waals surface area (Å²) in [6.07, 6.45) is -7.48. The molecular weight excluding hydrogens is 534 g/mol. The number of rotatable bonds is 6. The van der Waals surface area contributed by atoms with E-state index in [0.717, 1.165) is 10.5 Å². The molecule has 0 bridgehead atoms. The average molecular weight is 557 g/mol. The number of carbonyl (C=O) groups is 2. The molecule has 1 heterocycles. The predicted octanol–water partition coefficient (Wildman–Crippen LogP) is 7.60. The van der Waals surface area contributed by atoms with E-state index in [0.29, 0.717) is 23.3 Å². The van der Waals surface area contributed by atoms with Crippen LogP contribution in [-0.4, -0.2) is 28.6 Å². The van der Waals surface area contributed by atoms with Crippen LogP contribution in [0.2, 0.25) is 0 Å². The summed E-state index contributed by atoms with van der Waals surface area (Å²) in [5.74, 6) is -1.14. The molecule has 3 aromatic carbocycles. The molecule has 0 aliphatic carbocycles. The van der Waals surface area contributed by atoms with E-state index in [4.69, 9.17) is 0 Å². The van der Waals surface area contributed by atoms with Crippen molar-refractivity contribution in [2.45, 2.75) is 25.8 Å². The van der Waals surface area contributed by atoms with Crippen molar-refractivity contribution in [3.8, 4) is 11.1 Å². The van der Waals surface area contributed by atoms with Gasteiger partial charge in [-0.15, -0.1) is 0 Å². The van der Waals surface area contributed by atoms with Gasteiger partial charge >= 0.3 is 12.4 Å². The minimum atomic E-state index is -5.02. The molecule has 206 valence electrons. The van der Waals surface area contributed by atoms with Crippen molar-refractivity contribution in [1.82, 2.24) is 9.88 Å². The number of aryl methyl sites for hydroxylation is 1.